The molecule has 8 heteroatoms. The monoisotopic (exact) mass is 408 g/mol. The number of carbonyl (C=O) groups excluding carboxylic acids is 2. The van der Waals surface area contributed by atoms with Crippen LogP contribution < -0.4 is 4.90 Å². The van der Waals surface area contributed by atoms with E-state index in [1.807, 2.05) is 6.92 Å². The number of anilines is 1. The summed E-state index contributed by atoms with van der Waals surface area (Å²) in [6, 6.07) is 6.77. The molecule has 1 fully saturated rings. The second-order valence-corrected chi connectivity index (χ2v) is 7.02. The quantitative estimate of drug-likeness (QED) is 0.432. The number of piperidine rings is 1. The average Bonchev–Trinajstić information content (AvgIpc) is 2.74. The largest absolute Gasteiger partial charge is 0.341 e. The van der Waals surface area contributed by atoms with Crippen molar-refractivity contribution in [3.63, 3.8) is 0 Å². The molecule has 0 saturated carbocycles. The molecular weight excluding hydrogens is 388 g/mol. The van der Waals surface area contributed by atoms with Crippen LogP contribution in [-0.2, 0) is 4.79 Å². The fourth-order valence-electron chi connectivity index (χ4n) is 3.26. The minimum atomic E-state index is -2.07. The molecule has 29 heavy (non-hydrogen) atoms. The second kappa shape index (κ2) is 8.63. The van der Waals surface area contributed by atoms with Crippen LogP contribution >= 0.6 is 0 Å². The number of benzene rings is 2. The molecule has 0 aliphatic carbocycles. The van der Waals surface area contributed by atoms with E-state index in [-0.39, 0.29) is 11.6 Å². The number of halogens is 4. The van der Waals surface area contributed by atoms with Crippen LogP contribution in [0.4, 0.5) is 23.2 Å². The Bertz CT molecular complexity index is 925. The molecular formula is C21H20F4N2O2. The zero-order valence-corrected chi connectivity index (χ0v) is 15.9. The van der Waals surface area contributed by atoms with E-state index >= 15 is 0 Å². The predicted molar refractivity (Wildman–Crippen MR) is 99.6 cm³/mol. The average molecular weight is 408 g/mol. The van der Waals surface area contributed by atoms with Crippen molar-refractivity contribution in [3.8, 4) is 0 Å². The SMILES string of the molecule is Cc1ccc(N(CC(=O)N2CCCCC2)C(=O)c2cc(F)c(F)c(F)c2F)cc1. The van der Waals surface area contributed by atoms with Gasteiger partial charge in [0.15, 0.2) is 23.3 Å². The summed E-state index contributed by atoms with van der Waals surface area (Å²) in [5, 5.41) is 0. The highest BCUT2D eigenvalue weighted by Gasteiger charge is 2.29. The van der Waals surface area contributed by atoms with Crippen molar-refractivity contribution in [3.05, 3.63) is 64.7 Å². The minimum Gasteiger partial charge on any atom is -0.341 e. The van der Waals surface area contributed by atoms with E-state index in [1.54, 1.807) is 29.2 Å². The fourth-order valence-corrected chi connectivity index (χ4v) is 3.26. The molecule has 3 rings (SSSR count). The van der Waals surface area contributed by atoms with Crippen LogP contribution in [-0.4, -0.2) is 36.3 Å². The molecule has 0 bridgehead atoms. The summed E-state index contributed by atoms with van der Waals surface area (Å²) in [6.07, 6.45) is 2.68. The lowest BCUT2D eigenvalue weighted by molar-refractivity contribution is -0.130. The predicted octanol–water partition coefficient (Wildman–Crippen LogP) is 4.21. The number of likely N-dealkylation sites (tertiary alicyclic amines) is 1. The van der Waals surface area contributed by atoms with Crippen molar-refractivity contribution in [2.24, 2.45) is 0 Å². The molecule has 0 spiro atoms. The second-order valence-electron chi connectivity index (χ2n) is 7.02. The Balaban J connectivity index is 1.97. The highest BCUT2D eigenvalue weighted by atomic mass is 19.2. The summed E-state index contributed by atoms with van der Waals surface area (Å²) in [4.78, 5) is 28.2. The standard InChI is InChI=1S/C21H20F4N2O2/c1-13-5-7-14(8-6-13)27(12-17(28)26-9-3-2-4-10-26)21(29)15-11-16(22)19(24)20(25)18(15)23/h5-8,11H,2-4,9-10,12H2,1H3. The van der Waals surface area contributed by atoms with Gasteiger partial charge in [-0.05, 0) is 44.4 Å². The smallest absolute Gasteiger partial charge is 0.261 e. The molecule has 1 heterocycles. The molecule has 154 valence electrons. The van der Waals surface area contributed by atoms with E-state index in [4.69, 9.17) is 0 Å². The van der Waals surface area contributed by atoms with Gasteiger partial charge in [-0.1, -0.05) is 17.7 Å². The van der Waals surface area contributed by atoms with Crippen molar-refractivity contribution < 1.29 is 27.2 Å². The van der Waals surface area contributed by atoms with E-state index in [2.05, 4.69) is 0 Å². The van der Waals surface area contributed by atoms with Gasteiger partial charge in [-0.15, -0.1) is 0 Å². The Morgan fingerprint density at radius 2 is 1.55 bits per heavy atom. The van der Waals surface area contributed by atoms with Crippen molar-refractivity contribution >= 4 is 17.5 Å². The minimum absolute atomic E-state index is 0.260. The van der Waals surface area contributed by atoms with Gasteiger partial charge in [0.2, 0.25) is 5.91 Å². The molecule has 0 radical (unpaired) electrons. The van der Waals surface area contributed by atoms with Gasteiger partial charge >= 0.3 is 0 Å². The van der Waals surface area contributed by atoms with Crippen molar-refractivity contribution in [2.75, 3.05) is 24.5 Å². The van der Waals surface area contributed by atoms with Gasteiger partial charge < -0.3 is 4.90 Å². The molecule has 2 aromatic carbocycles. The summed E-state index contributed by atoms with van der Waals surface area (Å²) in [5.74, 6) is -9.03. The van der Waals surface area contributed by atoms with E-state index in [0.717, 1.165) is 29.7 Å². The van der Waals surface area contributed by atoms with Gasteiger partial charge in [0.05, 0.1) is 5.56 Å². The highest BCUT2D eigenvalue weighted by Crippen LogP contribution is 2.24. The lowest BCUT2D eigenvalue weighted by Gasteiger charge is -2.30. The van der Waals surface area contributed by atoms with Crippen LogP contribution in [0.3, 0.4) is 0 Å². The molecule has 0 N–H and O–H groups in total. The third-order valence-electron chi connectivity index (χ3n) is 4.93. The molecule has 1 aliphatic heterocycles. The first-order chi connectivity index (χ1) is 13.8. The Labute approximate surface area is 165 Å². The van der Waals surface area contributed by atoms with Crippen LogP contribution in [0.25, 0.3) is 0 Å². The summed E-state index contributed by atoms with van der Waals surface area (Å²) in [5.41, 5.74) is 0.164. The fraction of sp³-hybridized carbons (Fsp3) is 0.333. The molecule has 1 aliphatic rings. The Kier molecular flexibility index (Phi) is 6.20. The lowest BCUT2D eigenvalue weighted by atomic mass is 10.1. The first kappa shape index (κ1) is 20.8. The molecule has 0 unspecified atom stereocenters. The summed E-state index contributed by atoms with van der Waals surface area (Å²) in [6.45, 7) is 2.48. The van der Waals surface area contributed by atoms with Crippen LogP contribution in [0.1, 0.15) is 35.2 Å². The molecule has 2 aromatic rings. The normalized spacial score (nSPS) is 14.0. The van der Waals surface area contributed by atoms with E-state index in [0.29, 0.717) is 19.2 Å². The van der Waals surface area contributed by atoms with E-state index in [9.17, 15) is 27.2 Å². The van der Waals surface area contributed by atoms with Crippen LogP contribution in [0.15, 0.2) is 30.3 Å². The number of aryl methyl sites for hydroxylation is 1. The van der Waals surface area contributed by atoms with Gasteiger partial charge in [-0.3, -0.25) is 14.5 Å². The number of hydrogen-bond acceptors (Lipinski definition) is 2. The lowest BCUT2D eigenvalue weighted by Crippen LogP contribution is -2.45. The zero-order valence-electron chi connectivity index (χ0n) is 15.9. The topological polar surface area (TPSA) is 40.6 Å². The van der Waals surface area contributed by atoms with Crippen molar-refractivity contribution in [2.45, 2.75) is 26.2 Å². The maximum absolute atomic E-state index is 14.2. The highest BCUT2D eigenvalue weighted by molar-refractivity contribution is 6.09. The Hall–Kier alpha value is -2.90. The van der Waals surface area contributed by atoms with Crippen molar-refractivity contribution in [1.82, 2.24) is 4.90 Å². The van der Waals surface area contributed by atoms with Gasteiger partial charge in [0.25, 0.3) is 5.91 Å². The van der Waals surface area contributed by atoms with Crippen molar-refractivity contribution in [1.29, 1.82) is 0 Å². The maximum atomic E-state index is 14.2. The number of rotatable bonds is 4. The van der Waals surface area contributed by atoms with Gasteiger partial charge in [-0.25, -0.2) is 17.6 Å². The number of carbonyl (C=O) groups is 2. The number of amides is 2. The Morgan fingerprint density at radius 1 is 0.931 bits per heavy atom. The first-order valence-corrected chi connectivity index (χ1v) is 9.29. The Morgan fingerprint density at radius 3 is 2.17 bits per heavy atom. The van der Waals surface area contributed by atoms with Crippen LogP contribution in [0.5, 0.6) is 0 Å². The van der Waals surface area contributed by atoms with E-state index in [1.165, 1.54) is 0 Å². The van der Waals surface area contributed by atoms with Gasteiger partial charge in [0.1, 0.15) is 6.54 Å². The van der Waals surface area contributed by atoms with Crippen LogP contribution in [0, 0.1) is 30.2 Å². The molecule has 2 amide bonds. The van der Waals surface area contributed by atoms with Gasteiger partial charge in [-0.2, -0.15) is 0 Å². The van der Waals surface area contributed by atoms with E-state index < -0.39 is 41.3 Å². The molecule has 0 aromatic heterocycles. The molecule has 0 atom stereocenters. The maximum Gasteiger partial charge on any atom is 0.261 e. The number of hydrogen-bond donors (Lipinski definition) is 0. The summed E-state index contributed by atoms with van der Waals surface area (Å²) < 4.78 is 54.8. The molecule has 1 saturated heterocycles. The molecule has 4 nitrogen and oxygen atoms in total. The summed E-state index contributed by atoms with van der Waals surface area (Å²) in [7, 11) is 0. The third kappa shape index (κ3) is 4.41. The zero-order chi connectivity index (χ0) is 21.1. The third-order valence-corrected chi connectivity index (χ3v) is 4.93. The van der Waals surface area contributed by atoms with Gasteiger partial charge in [0, 0.05) is 18.8 Å². The van der Waals surface area contributed by atoms with Crippen LogP contribution in [0.2, 0.25) is 0 Å². The number of nitrogens with zero attached hydrogens (tertiary/aromatic N) is 2. The summed E-state index contributed by atoms with van der Waals surface area (Å²) >= 11 is 0. The first-order valence-electron chi connectivity index (χ1n) is 9.29.